The highest BCUT2D eigenvalue weighted by molar-refractivity contribution is 5.85. The number of ether oxygens (including phenoxy) is 1. The van der Waals surface area contributed by atoms with Crippen molar-refractivity contribution >= 4 is 5.52 Å². The van der Waals surface area contributed by atoms with Crippen LogP contribution in [0.15, 0.2) is 61.6 Å². The van der Waals surface area contributed by atoms with E-state index in [9.17, 15) is 5.26 Å². The van der Waals surface area contributed by atoms with Crippen molar-refractivity contribution in [2.45, 2.75) is 13.3 Å². The van der Waals surface area contributed by atoms with Gasteiger partial charge in [0.2, 0.25) is 0 Å². The molecule has 4 aromatic rings. The first-order valence-electron chi connectivity index (χ1n) is 8.62. The van der Waals surface area contributed by atoms with Crippen LogP contribution < -0.4 is 9.30 Å². The second-order valence-electron chi connectivity index (χ2n) is 5.96. The van der Waals surface area contributed by atoms with Crippen LogP contribution in [0, 0.1) is 11.3 Å². The number of fused-ring (bicyclic) bond motifs is 1. The second kappa shape index (κ2) is 7.22. The van der Waals surface area contributed by atoms with Gasteiger partial charge in [-0.1, -0.05) is 6.92 Å². The molecule has 0 spiro atoms. The highest BCUT2D eigenvalue weighted by Gasteiger charge is 2.16. The number of rotatable bonds is 5. The van der Waals surface area contributed by atoms with E-state index in [0.29, 0.717) is 17.9 Å². The van der Waals surface area contributed by atoms with Crippen LogP contribution in [-0.2, 0) is 0 Å². The molecule has 4 aromatic heterocycles. The molecule has 0 aromatic carbocycles. The molecule has 4 heterocycles. The van der Waals surface area contributed by atoms with E-state index >= 15 is 0 Å². The van der Waals surface area contributed by atoms with Crippen molar-refractivity contribution in [3.05, 3.63) is 67.1 Å². The number of pyridine rings is 2. The molecule has 0 N–H and O–H groups in total. The summed E-state index contributed by atoms with van der Waals surface area (Å²) in [4.78, 5) is 8.56. The SMILES string of the molecule is CCCOc1cc(-c2ccc(-[n+]3ccncc3)nc2)c2c(C#N)cnn2c1. The fourth-order valence-electron chi connectivity index (χ4n) is 2.87. The van der Waals surface area contributed by atoms with Gasteiger partial charge in [-0.2, -0.15) is 10.4 Å². The number of nitriles is 1. The minimum absolute atomic E-state index is 0.514. The lowest BCUT2D eigenvalue weighted by atomic mass is 10.1. The number of hydrogen-bond acceptors (Lipinski definition) is 5. The lowest BCUT2D eigenvalue weighted by molar-refractivity contribution is -0.600. The van der Waals surface area contributed by atoms with Crippen LogP contribution >= 0.6 is 0 Å². The molecule has 0 aliphatic rings. The molecule has 0 radical (unpaired) electrons. The summed E-state index contributed by atoms with van der Waals surface area (Å²) in [6.07, 6.45) is 13.2. The van der Waals surface area contributed by atoms with Crippen molar-refractivity contribution in [2.75, 3.05) is 6.61 Å². The van der Waals surface area contributed by atoms with Gasteiger partial charge in [-0.05, 0) is 23.5 Å². The molecule has 0 fully saturated rings. The lowest BCUT2D eigenvalue weighted by Gasteiger charge is -2.09. The number of nitrogens with zero attached hydrogens (tertiary/aromatic N) is 6. The van der Waals surface area contributed by atoms with Crippen molar-refractivity contribution in [2.24, 2.45) is 0 Å². The van der Waals surface area contributed by atoms with Crippen LogP contribution in [0.25, 0.3) is 22.5 Å². The molecule has 132 valence electrons. The zero-order chi connectivity index (χ0) is 18.6. The molecule has 0 aliphatic carbocycles. The summed E-state index contributed by atoms with van der Waals surface area (Å²) in [5.74, 6) is 1.49. The van der Waals surface area contributed by atoms with Crippen LogP contribution in [-0.4, -0.2) is 26.2 Å². The van der Waals surface area contributed by atoms with E-state index in [4.69, 9.17) is 4.74 Å². The molecule has 0 atom stereocenters. The van der Waals surface area contributed by atoms with Crippen molar-refractivity contribution in [1.29, 1.82) is 5.26 Å². The third-order valence-electron chi connectivity index (χ3n) is 4.13. The Labute approximate surface area is 156 Å². The van der Waals surface area contributed by atoms with E-state index in [0.717, 1.165) is 28.9 Å². The Morgan fingerprint density at radius 1 is 1.22 bits per heavy atom. The third kappa shape index (κ3) is 3.20. The van der Waals surface area contributed by atoms with Crippen molar-refractivity contribution in [1.82, 2.24) is 19.6 Å². The molecule has 0 saturated heterocycles. The fourth-order valence-corrected chi connectivity index (χ4v) is 2.87. The predicted molar refractivity (Wildman–Crippen MR) is 98.3 cm³/mol. The van der Waals surface area contributed by atoms with Gasteiger partial charge in [0.25, 0.3) is 0 Å². The van der Waals surface area contributed by atoms with Gasteiger partial charge in [-0.3, -0.25) is 4.98 Å². The number of hydrogen-bond donors (Lipinski definition) is 0. The maximum Gasteiger partial charge on any atom is 0.327 e. The summed E-state index contributed by atoms with van der Waals surface area (Å²) in [6.45, 7) is 2.67. The molecular weight excluding hydrogens is 340 g/mol. The molecule has 7 nitrogen and oxygen atoms in total. The zero-order valence-corrected chi connectivity index (χ0v) is 14.8. The van der Waals surface area contributed by atoms with Crippen LogP contribution in [0.4, 0.5) is 0 Å². The van der Waals surface area contributed by atoms with Gasteiger partial charge in [0, 0.05) is 17.2 Å². The standard InChI is InChI=1S/C20H17N6O/c1-2-9-27-17-10-18(20-16(11-21)13-24-26(20)14-17)15-3-4-19(23-12-15)25-7-5-22-6-8-25/h3-8,10,12-14H,2,9H2,1H3/q+1. The average molecular weight is 357 g/mol. The Morgan fingerprint density at radius 3 is 2.78 bits per heavy atom. The monoisotopic (exact) mass is 357 g/mol. The third-order valence-corrected chi connectivity index (χ3v) is 4.13. The van der Waals surface area contributed by atoms with E-state index in [1.54, 1.807) is 35.5 Å². The normalized spacial score (nSPS) is 10.7. The van der Waals surface area contributed by atoms with Gasteiger partial charge in [-0.25, -0.2) is 9.08 Å². The van der Waals surface area contributed by atoms with Gasteiger partial charge in [0.1, 0.15) is 30.4 Å². The maximum absolute atomic E-state index is 9.44. The predicted octanol–water partition coefficient (Wildman–Crippen LogP) is 2.73. The molecule has 7 heteroatoms. The highest BCUT2D eigenvalue weighted by Crippen LogP contribution is 2.30. The van der Waals surface area contributed by atoms with E-state index in [2.05, 4.69) is 28.1 Å². The second-order valence-corrected chi connectivity index (χ2v) is 5.96. The molecule has 4 rings (SSSR count). The van der Waals surface area contributed by atoms with Gasteiger partial charge in [0.15, 0.2) is 0 Å². The van der Waals surface area contributed by atoms with Gasteiger partial charge in [0.05, 0.1) is 42.5 Å². The van der Waals surface area contributed by atoms with Gasteiger partial charge >= 0.3 is 5.82 Å². The summed E-state index contributed by atoms with van der Waals surface area (Å²) < 4.78 is 9.35. The first-order valence-corrected chi connectivity index (χ1v) is 8.62. The summed E-state index contributed by atoms with van der Waals surface area (Å²) >= 11 is 0. The Kier molecular flexibility index (Phi) is 4.45. The summed E-state index contributed by atoms with van der Waals surface area (Å²) in [5, 5.41) is 13.7. The smallest absolute Gasteiger partial charge is 0.327 e. The average Bonchev–Trinajstić information content (AvgIpc) is 3.15. The first-order chi connectivity index (χ1) is 13.3. The van der Waals surface area contributed by atoms with Crippen molar-refractivity contribution in [3.63, 3.8) is 0 Å². The molecule has 0 bridgehead atoms. The first kappa shape index (κ1) is 16.7. The quantitative estimate of drug-likeness (QED) is 0.513. The Morgan fingerprint density at radius 2 is 2.07 bits per heavy atom. The molecular formula is C20H17N6O+. The Bertz CT molecular complexity index is 1110. The largest absolute Gasteiger partial charge is 0.492 e. The van der Waals surface area contributed by atoms with Crippen molar-refractivity contribution in [3.8, 4) is 28.8 Å². The summed E-state index contributed by atoms with van der Waals surface area (Å²) in [5.41, 5.74) is 3.00. The Hall–Kier alpha value is -3.79. The zero-order valence-electron chi connectivity index (χ0n) is 14.8. The van der Waals surface area contributed by atoms with Crippen LogP contribution in [0.2, 0.25) is 0 Å². The molecule has 27 heavy (non-hydrogen) atoms. The molecule has 0 saturated carbocycles. The fraction of sp³-hybridized carbons (Fsp3) is 0.150. The number of aromatic nitrogens is 5. The minimum Gasteiger partial charge on any atom is -0.492 e. The lowest BCUT2D eigenvalue weighted by Crippen LogP contribution is -2.30. The van der Waals surface area contributed by atoms with E-state index in [-0.39, 0.29) is 0 Å². The van der Waals surface area contributed by atoms with Gasteiger partial charge in [-0.15, -0.1) is 0 Å². The van der Waals surface area contributed by atoms with E-state index < -0.39 is 0 Å². The van der Waals surface area contributed by atoms with E-state index in [1.807, 2.05) is 35.2 Å². The molecule has 0 aliphatic heterocycles. The maximum atomic E-state index is 9.44. The van der Waals surface area contributed by atoms with Gasteiger partial charge < -0.3 is 4.74 Å². The summed E-state index contributed by atoms with van der Waals surface area (Å²) in [6, 6.07) is 8.04. The molecule has 0 amide bonds. The molecule has 0 unspecified atom stereocenters. The van der Waals surface area contributed by atoms with Crippen LogP contribution in [0.5, 0.6) is 5.75 Å². The highest BCUT2D eigenvalue weighted by atomic mass is 16.5. The minimum atomic E-state index is 0.514. The van der Waals surface area contributed by atoms with Crippen molar-refractivity contribution < 1.29 is 9.30 Å². The van der Waals surface area contributed by atoms with Crippen LogP contribution in [0.1, 0.15) is 18.9 Å². The summed E-state index contributed by atoms with van der Waals surface area (Å²) in [7, 11) is 0. The van der Waals surface area contributed by atoms with Crippen LogP contribution in [0.3, 0.4) is 0 Å². The topological polar surface area (TPSA) is 80.0 Å². The van der Waals surface area contributed by atoms with E-state index in [1.165, 1.54) is 0 Å². The Balaban J connectivity index is 1.82.